The molecule has 3 unspecified atom stereocenters. The summed E-state index contributed by atoms with van der Waals surface area (Å²) in [6.07, 6.45) is 3.94. The van der Waals surface area contributed by atoms with Crippen LogP contribution in [0.1, 0.15) is 58.8 Å². The standard InChI is InChI=1S/C14H24O5/c1-3-5-7-10-9-11(12(15)16)19-14(10,13(17)18)8-6-4-2/h10-11H,3-9H2,1-2H3,(H,15,16)(H,17,18). The molecule has 0 aromatic rings. The zero-order valence-corrected chi connectivity index (χ0v) is 11.7. The van der Waals surface area contributed by atoms with Gasteiger partial charge in [0.25, 0.3) is 0 Å². The average Bonchev–Trinajstić information content (AvgIpc) is 2.74. The number of unbranched alkanes of at least 4 members (excludes halogenated alkanes) is 2. The van der Waals surface area contributed by atoms with Crippen molar-refractivity contribution in [1.82, 2.24) is 0 Å². The largest absolute Gasteiger partial charge is 0.479 e. The van der Waals surface area contributed by atoms with E-state index in [0.29, 0.717) is 12.8 Å². The molecular weight excluding hydrogens is 248 g/mol. The van der Waals surface area contributed by atoms with E-state index in [0.717, 1.165) is 32.1 Å². The van der Waals surface area contributed by atoms with E-state index in [1.165, 1.54) is 0 Å². The Morgan fingerprint density at radius 1 is 1.21 bits per heavy atom. The predicted octanol–water partition coefficient (Wildman–Crippen LogP) is 2.68. The number of aliphatic carboxylic acids is 2. The van der Waals surface area contributed by atoms with E-state index >= 15 is 0 Å². The van der Waals surface area contributed by atoms with Crippen molar-refractivity contribution in [2.45, 2.75) is 70.5 Å². The molecule has 1 fully saturated rings. The Hall–Kier alpha value is -1.10. The van der Waals surface area contributed by atoms with Crippen LogP contribution in [0, 0.1) is 5.92 Å². The van der Waals surface area contributed by atoms with E-state index in [4.69, 9.17) is 9.84 Å². The lowest BCUT2D eigenvalue weighted by Gasteiger charge is -2.30. The second-order valence-corrected chi connectivity index (χ2v) is 5.32. The van der Waals surface area contributed by atoms with Crippen molar-refractivity contribution in [3.8, 4) is 0 Å². The van der Waals surface area contributed by atoms with E-state index in [1.807, 2.05) is 13.8 Å². The molecule has 0 aromatic heterocycles. The van der Waals surface area contributed by atoms with Crippen LogP contribution in [0.4, 0.5) is 0 Å². The normalized spacial score (nSPS) is 30.4. The summed E-state index contributed by atoms with van der Waals surface area (Å²) >= 11 is 0. The lowest BCUT2D eigenvalue weighted by Crippen LogP contribution is -2.44. The Kier molecular flexibility index (Phi) is 5.79. The number of hydrogen-bond acceptors (Lipinski definition) is 3. The lowest BCUT2D eigenvalue weighted by atomic mass is 9.79. The van der Waals surface area contributed by atoms with E-state index in [1.54, 1.807) is 0 Å². The summed E-state index contributed by atoms with van der Waals surface area (Å²) in [4.78, 5) is 22.7. The number of rotatable bonds is 8. The Balaban J connectivity index is 2.92. The van der Waals surface area contributed by atoms with Crippen LogP contribution >= 0.6 is 0 Å². The third kappa shape index (κ3) is 3.47. The van der Waals surface area contributed by atoms with Crippen LogP contribution in [0.5, 0.6) is 0 Å². The van der Waals surface area contributed by atoms with E-state index in [9.17, 15) is 14.7 Å². The molecule has 0 spiro atoms. The summed E-state index contributed by atoms with van der Waals surface area (Å²) in [5.41, 5.74) is -1.30. The maximum atomic E-state index is 11.7. The Morgan fingerprint density at radius 3 is 2.32 bits per heavy atom. The van der Waals surface area contributed by atoms with Crippen LogP contribution in [0.25, 0.3) is 0 Å². The van der Waals surface area contributed by atoms with Crippen molar-refractivity contribution >= 4 is 11.9 Å². The summed E-state index contributed by atoms with van der Waals surface area (Å²) in [6.45, 7) is 4.03. The fourth-order valence-corrected chi connectivity index (χ4v) is 2.83. The molecule has 5 nitrogen and oxygen atoms in total. The Bertz CT molecular complexity index is 328. The molecule has 0 radical (unpaired) electrons. The van der Waals surface area contributed by atoms with Crippen molar-refractivity contribution < 1.29 is 24.5 Å². The van der Waals surface area contributed by atoms with Gasteiger partial charge in [0.15, 0.2) is 11.7 Å². The zero-order valence-electron chi connectivity index (χ0n) is 11.7. The van der Waals surface area contributed by atoms with Crippen molar-refractivity contribution in [1.29, 1.82) is 0 Å². The molecule has 5 heteroatoms. The zero-order chi connectivity index (χ0) is 14.5. The van der Waals surface area contributed by atoms with Crippen LogP contribution in [0.15, 0.2) is 0 Å². The third-order valence-corrected chi connectivity index (χ3v) is 3.96. The summed E-state index contributed by atoms with van der Waals surface area (Å²) in [5.74, 6) is -2.26. The molecule has 1 heterocycles. The molecule has 1 saturated heterocycles. The van der Waals surface area contributed by atoms with Crippen LogP contribution in [-0.2, 0) is 14.3 Å². The molecule has 3 atom stereocenters. The van der Waals surface area contributed by atoms with Gasteiger partial charge in [0.2, 0.25) is 0 Å². The van der Waals surface area contributed by atoms with Crippen molar-refractivity contribution in [2.24, 2.45) is 5.92 Å². The minimum Gasteiger partial charge on any atom is -0.479 e. The first-order chi connectivity index (χ1) is 8.97. The smallest absolute Gasteiger partial charge is 0.336 e. The lowest BCUT2D eigenvalue weighted by molar-refractivity contribution is -0.175. The predicted molar refractivity (Wildman–Crippen MR) is 70.0 cm³/mol. The van der Waals surface area contributed by atoms with Crippen LogP contribution < -0.4 is 0 Å². The average molecular weight is 272 g/mol. The minimum absolute atomic E-state index is 0.197. The first kappa shape index (κ1) is 16.0. The van der Waals surface area contributed by atoms with Gasteiger partial charge in [-0.25, -0.2) is 9.59 Å². The van der Waals surface area contributed by atoms with Gasteiger partial charge in [0.1, 0.15) is 0 Å². The minimum atomic E-state index is -1.30. The topological polar surface area (TPSA) is 83.8 Å². The van der Waals surface area contributed by atoms with Gasteiger partial charge < -0.3 is 14.9 Å². The fraction of sp³-hybridized carbons (Fsp3) is 0.857. The highest BCUT2D eigenvalue weighted by atomic mass is 16.6. The molecule has 2 N–H and O–H groups in total. The van der Waals surface area contributed by atoms with Crippen molar-refractivity contribution in [2.75, 3.05) is 0 Å². The van der Waals surface area contributed by atoms with Gasteiger partial charge in [0, 0.05) is 5.92 Å². The van der Waals surface area contributed by atoms with E-state index < -0.39 is 23.6 Å². The molecule has 19 heavy (non-hydrogen) atoms. The number of carboxylic acid groups (broad SMARTS) is 2. The highest BCUT2D eigenvalue weighted by Gasteiger charge is 2.55. The van der Waals surface area contributed by atoms with Gasteiger partial charge in [0.05, 0.1) is 0 Å². The van der Waals surface area contributed by atoms with E-state index in [2.05, 4.69) is 0 Å². The number of ether oxygens (including phenoxy) is 1. The molecule has 0 saturated carbocycles. The maximum absolute atomic E-state index is 11.7. The highest BCUT2D eigenvalue weighted by molar-refractivity contribution is 5.81. The monoisotopic (exact) mass is 272 g/mol. The second-order valence-electron chi connectivity index (χ2n) is 5.32. The number of carboxylic acids is 2. The van der Waals surface area contributed by atoms with Crippen LogP contribution in [0.3, 0.4) is 0 Å². The van der Waals surface area contributed by atoms with Crippen LogP contribution in [0.2, 0.25) is 0 Å². The summed E-state index contributed by atoms with van der Waals surface area (Å²) in [7, 11) is 0. The van der Waals surface area contributed by atoms with Gasteiger partial charge in [-0.15, -0.1) is 0 Å². The van der Waals surface area contributed by atoms with Gasteiger partial charge in [-0.2, -0.15) is 0 Å². The molecule has 110 valence electrons. The van der Waals surface area contributed by atoms with Crippen molar-refractivity contribution in [3.63, 3.8) is 0 Å². The summed E-state index contributed by atoms with van der Waals surface area (Å²) in [5, 5.41) is 18.6. The summed E-state index contributed by atoms with van der Waals surface area (Å²) < 4.78 is 5.48. The van der Waals surface area contributed by atoms with Crippen LogP contribution in [-0.4, -0.2) is 33.9 Å². The van der Waals surface area contributed by atoms with Gasteiger partial charge >= 0.3 is 11.9 Å². The Morgan fingerprint density at radius 2 is 1.84 bits per heavy atom. The van der Waals surface area contributed by atoms with Gasteiger partial charge in [-0.05, 0) is 19.3 Å². The third-order valence-electron chi connectivity index (χ3n) is 3.96. The first-order valence-electron chi connectivity index (χ1n) is 7.12. The molecule has 0 aromatic carbocycles. The molecule has 1 aliphatic rings. The molecule has 1 rings (SSSR count). The maximum Gasteiger partial charge on any atom is 0.336 e. The molecule has 1 aliphatic heterocycles. The molecule has 0 bridgehead atoms. The first-order valence-corrected chi connectivity index (χ1v) is 7.12. The van der Waals surface area contributed by atoms with Crippen molar-refractivity contribution in [3.05, 3.63) is 0 Å². The van der Waals surface area contributed by atoms with Gasteiger partial charge in [-0.1, -0.05) is 39.5 Å². The summed E-state index contributed by atoms with van der Waals surface area (Å²) in [6, 6.07) is 0. The quantitative estimate of drug-likeness (QED) is 0.709. The SMILES string of the molecule is CCCCC1CC(C(=O)O)OC1(CCCC)C(=O)O. The number of carbonyl (C=O) groups is 2. The van der Waals surface area contributed by atoms with Gasteiger partial charge in [-0.3, -0.25) is 0 Å². The second kappa shape index (κ2) is 6.89. The fourth-order valence-electron chi connectivity index (χ4n) is 2.83. The Labute approximate surface area is 114 Å². The molecule has 0 amide bonds. The van der Waals surface area contributed by atoms with E-state index in [-0.39, 0.29) is 5.92 Å². The molecule has 0 aliphatic carbocycles. The highest BCUT2D eigenvalue weighted by Crippen LogP contribution is 2.43. The number of hydrogen-bond donors (Lipinski definition) is 2. The molecular formula is C14H24O5.